The lowest BCUT2D eigenvalue weighted by molar-refractivity contribution is 0.0737. The minimum atomic E-state index is -0.218. The van der Waals surface area contributed by atoms with Crippen LogP contribution < -0.4 is 0 Å². The van der Waals surface area contributed by atoms with Gasteiger partial charge in [-0.25, -0.2) is 4.68 Å². The fourth-order valence-corrected chi connectivity index (χ4v) is 3.27. The first-order chi connectivity index (χ1) is 15.2. The number of rotatable bonds is 7. The molecule has 0 saturated carbocycles. The van der Waals surface area contributed by atoms with Crippen LogP contribution in [0.15, 0.2) is 77.7 Å². The summed E-state index contributed by atoms with van der Waals surface area (Å²) in [5, 5.41) is 13.7. The second-order valence-corrected chi connectivity index (χ2v) is 7.14. The molecule has 0 radical (unpaired) electrons. The fraction of sp³-hybridized carbons (Fsp3) is 0.167. The summed E-state index contributed by atoms with van der Waals surface area (Å²) in [5.74, 6) is 0.362. The average Bonchev–Trinajstić information content (AvgIpc) is 3.47. The van der Waals surface area contributed by atoms with Crippen LogP contribution in [0.25, 0.3) is 17.1 Å². The number of benzene rings is 1. The molecule has 7 heteroatoms. The number of carbonyl (C=O) groups is 1. The molecule has 1 amide bonds. The van der Waals surface area contributed by atoms with Crippen molar-refractivity contribution in [3.05, 3.63) is 90.1 Å². The minimum Gasteiger partial charge on any atom is -0.463 e. The van der Waals surface area contributed by atoms with Crippen LogP contribution in [-0.4, -0.2) is 32.1 Å². The summed E-state index contributed by atoms with van der Waals surface area (Å²) in [7, 11) is 0. The van der Waals surface area contributed by atoms with Gasteiger partial charge in [-0.15, -0.1) is 0 Å². The lowest BCUT2D eigenvalue weighted by Gasteiger charge is -2.22. The molecule has 0 aliphatic carbocycles. The number of pyridine rings is 1. The Hall–Kier alpha value is -4.18. The smallest absolute Gasteiger partial charge is 0.272 e. The molecule has 0 aliphatic rings. The second kappa shape index (κ2) is 9.09. The van der Waals surface area contributed by atoms with Gasteiger partial charge in [0.25, 0.3) is 5.91 Å². The van der Waals surface area contributed by atoms with Crippen LogP contribution in [0.1, 0.15) is 28.0 Å². The molecule has 0 aliphatic heterocycles. The van der Waals surface area contributed by atoms with Crippen molar-refractivity contribution < 1.29 is 9.21 Å². The van der Waals surface area contributed by atoms with E-state index in [0.29, 0.717) is 30.2 Å². The zero-order valence-corrected chi connectivity index (χ0v) is 17.1. The Morgan fingerprint density at radius 1 is 1.19 bits per heavy atom. The van der Waals surface area contributed by atoms with E-state index in [4.69, 9.17) is 9.68 Å². The third kappa shape index (κ3) is 4.54. The molecule has 1 aromatic carbocycles. The molecule has 0 bridgehead atoms. The zero-order valence-electron chi connectivity index (χ0n) is 17.1. The monoisotopic (exact) mass is 411 g/mol. The Morgan fingerprint density at radius 3 is 2.71 bits per heavy atom. The van der Waals surface area contributed by atoms with E-state index in [9.17, 15) is 4.79 Å². The number of amides is 1. The Morgan fingerprint density at radius 2 is 2.03 bits per heavy atom. The highest BCUT2D eigenvalue weighted by Crippen LogP contribution is 2.24. The first-order valence-corrected chi connectivity index (χ1v) is 9.92. The van der Waals surface area contributed by atoms with Gasteiger partial charge in [0.1, 0.15) is 11.4 Å². The number of aromatic nitrogens is 3. The lowest BCUT2D eigenvalue weighted by atomic mass is 10.2. The van der Waals surface area contributed by atoms with Crippen molar-refractivity contribution in [1.29, 1.82) is 5.26 Å². The van der Waals surface area contributed by atoms with E-state index in [-0.39, 0.29) is 12.3 Å². The van der Waals surface area contributed by atoms with Crippen LogP contribution in [-0.2, 0) is 6.54 Å². The number of aryl methyl sites for hydroxylation is 1. The molecule has 0 saturated heterocycles. The molecule has 0 atom stereocenters. The van der Waals surface area contributed by atoms with Gasteiger partial charge in [-0.05, 0) is 42.8 Å². The van der Waals surface area contributed by atoms with Gasteiger partial charge in [-0.3, -0.25) is 9.78 Å². The van der Waals surface area contributed by atoms with Gasteiger partial charge < -0.3 is 9.32 Å². The standard InChI is InChI=1S/C24H21N5O2/c1-18-7-9-20(10-8-18)29-22(15-21(27-29)23-6-3-14-31-23)24(30)28(13-4-11-25)17-19-5-2-12-26-16-19/h2-3,5-10,12,14-16H,4,13,17H2,1H3. The predicted octanol–water partition coefficient (Wildman–Crippen LogP) is 4.39. The molecule has 0 N–H and O–H groups in total. The average molecular weight is 411 g/mol. The molecule has 0 fully saturated rings. The van der Waals surface area contributed by atoms with Gasteiger partial charge in [0.05, 0.1) is 24.4 Å². The molecular weight excluding hydrogens is 390 g/mol. The highest BCUT2D eigenvalue weighted by molar-refractivity contribution is 5.94. The van der Waals surface area contributed by atoms with Gasteiger partial charge >= 0.3 is 0 Å². The van der Waals surface area contributed by atoms with Crippen LogP contribution in [0.5, 0.6) is 0 Å². The molecule has 0 spiro atoms. The van der Waals surface area contributed by atoms with Gasteiger partial charge in [-0.2, -0.15) is 10.4 Å². The van der Waals surface area contributed by atoms with E-state index in [0.717, 1.165) is 16.8 Å². The van der Waals surface area contributed by atoms with Crippen molar-refractivity contribution in [2.45, 2.75) is 19.9 Å². The number of nitriles is 1. The lowest BCUT2D eigenvalue weighted by Crippen LogP contribution is -2.33. The normalized spacial score (nSPS) is 10.6. The quantitative estimate of drug-likeness (QED) is 0.450. The Kier molecular flexibility index (Phi) is 5.90. The van der Waals surface area contributed by atoms with Crippen LogP contribution in [0.4, 0.5) is 0 Å². The molecule has 4 rings (SSSR count). The molecule has 0 unspecified atom stereocenters. The fourth-order valence-electron chi connectivity index (χ4n) is 3.27. The summed E-state index contributed by atoms with van der Waals surface area (Å²) in [6.07, 6.45) is 5.21. The number of nitrogens with zero attached hydrogens (tertiary/aromatic N) is 5. The van der Waals surface area contributed by atoms with Crippen molar-refractivity contribution in [2.24, 2.45) is 0 Å². The number of hydrogen-bond acceptors (Lipinski definition) is 5. The maximum Gasteiger partial charge on any atom is 0.272 e. The summed E-state index contributed by atoms with van der Waals surface area (Å²) < 4.78 is 7.12. The topological polar surface area (TPSA) is 88.0 Å². The molecule has 7 nitrogen and oxygen atoms in total. The number of carbonyl (C=O) groups excluding carboxylic acids is 1. The van der Waals surface area contributed by atoms with Gasteiger partial charge in [0.15, 0.2) is 5.76 Å². The second-order valence-electron chi connectivity index (χ2n) is 7.14. The van der Waals surface area contributed by atoms with Crippen molar-refractivity contribution in [3.63, 3.8) is 0 Å². The molecule has 154 valence electrons. The largest absolute Gasteiger partial charge is 0.463 e. The van der Waals surface area contributed by atoms with Crippen LogP contribution >= 0.6 is 0 Å². The molecule has 3 heterocycles. The molecule has 3 aromatic heterocycles. The van der Waals surface area contributed by atoms with Gasteiger partial charge in [0, 0.05) is 31.5 Å². The third-order valence-electron chi connectivity index (χ3n) is 4.86. The van der Waals surface area contributed by atoms with E-state index in [1.165, 1.54) is 0 Å². The van der Waals surface area contributed by atoms with E-state index in [1.54, 1.807) is 46.4 Å². The van der Waals surface area contributed by atoms with E-state index >= 15 is 0 Å². The summed E-state index contributed by atoms with van der Waals surface area (Å²) in [4.78, 5) is 19.4. The van der Waals surface area contributed by atoms with Crippen LogP contribution in [0, 0.1) is 18.3 Å². The van der Waals surface area contributed by atoms with E-state index in [1.807, 2.05) is 43.3 Å². The Bertz CT molecular complexity index is 1190. The summed E-state index contributed by atoms with van der Waals surface area (Å²) >= 11 is 0. The molecular formula is C24H21N5O2. The van der Waals surface area contributed by atoms with Crippen molar-refractivity contribution in [3.8, 4) is 23.2 Å². The Balaban J connectivity index is 1.75. The SMILES string of the molecule is Cc1ccc(-n2nc(-c3ccco3)cc2C(=O)N(CCC#N)Cc2cccnc2)cc1. The van der Waals surface area contributed by atoms with Crippen LogP contribution in [0.2, 0.25) is 0 Å². The van der Waals surface area contributed by atoms with Crippen molar-refractivity contribution >= 4 is 5.91 Å². The Labute approximate surface area is 180 Å². The predicted molar refractivity (Wildman–Crippen MR) is 115 cm³/mol. The first kappa shape index (κ1) is 20.1. The van der Waals surface area contributed by atoms with Gasteiger partial charge in [0.2, 0.25) is 0 Å². The zero-order chi connectivity index (χ0) is 21.6. The minimum absolute atomic E-state index is 0.218. The highest BCUT2D eigenvalue weighted by atomic mass is 16.3. The van der Waals surface area contributed by atoms with Gasteiger partial charge in [-0.1, -0.05) is 23.8 Å². The van der Waals surface area contributed by atoms with E-state index < -0.39 is 0 Å². The summed E-state index contributed by atoms with van der Waals surface area (Å²) in [6, 6.07) is 19.0. The van der Waals surface area contributed by atoms with Crippen molar-refractivity contribution in [1.82, 2.24) is 19.7 Å². The summed E-state index contributed by atoms with van der Waals surface area (Å²) in [6.45, 7) is 2.66. The molecule has 31 heavy (non-hydrogen) atoms. The third-order valence-corrected chi connectivity index (χ3v) is 4.86. The number of hydrogen-bond donors (Lipinski definition) is 0. The number of furan rings is 1. The summed E-state index contributed by atoms with van der Waals surface area (Å²) in [5.41, 5.74) is 3.74. The maximum absolute atomic E-state index is 13.6. The molecule has 4 aromatic rings. The van der Waals surface area contributed by atoms with Crippen LogP contribution in [0.3, 0.4) is 0 Å². The van der Waals surface area contributed by atoms with Crippen molar-refractivity contribution in [2.75, 3.05) is 6.54 Å². The highest BCUT2D eigenvalue weighted by Gasteiger charge is 2.24. The maximum atomic E-state index is 13.6. The van der Waals surface area contributed by atoms with E-state index in [2.05, 4.69) is 16.2 Å². The first-order valence-electron chi connectivity index (χ1n) is 9.92.